The number of terminal acetylenes is 1. The highest BCUT2D eigenvalue weighted by atomic mass is 32.2. The van der Waals surface area contributed by atoms with E-state index in [2.05, 4.69) is 10.9 Å². The minimum atomic E-state index is 0.690. The van der Waals surface area contributed by atoms with E-state index in [1.165, 1.54) is 11.8 Å². The third-order valence-corrected chi connectivity index (χ3v) is 1.74. The van der Waals surface area contributed by atoms with E-state index in [1.54, 1.807) is 12.5 Å². The normalized spacial score (nSPS) is 9.10. The smallest absolute Gasteiger partial charge is 0.255 e. The summed E-state index contributed by atoms with van der Waals surface area (Å²) in [6.07, 6.45) is 8.99. The van der Waals surface area contributed by atoms with Crippen LogP contribution in [0.25, 0.3) is 0 Å². The summed E-state index contributed by atoms with van der Waals surface area (Å²) in [5.41, 5.74) is 0. The van der Waals surface area contributed by atoms with Crippen molar-refractivity contribution in [3.05, 3.63) is 12.5 Å². The van der Waals surface area contributed by atoms with Crippen LogP contribution in [0.3, 0.4) is 0 Å². The summed E-state index contributed by atoms with van der Waals surface area (Å²) in [4.78, 5) is 3.92. The number of hydrogen-bond donors (Lipinski definition) is 0. The molecule has 0 aliphatic carbocycles. The molecule has 2 nitrogen and oxygen atoms in total. The van der Waals surface area contributed by atoms with Crippen LogP contribution in [0.5, 0.6) is 0 Å². The minimum absolute atomic E-state index is 0.690. The van der Waals surface area contributed by atoms with Gasteiger partial charge in [0.25, 0.3) is 5.22 Å². The molecule has 1 rings (SSSR count). The number of hydrogen-bond acceptors (Lipinski definition) is 3. The lowest BCUT2D eigenvalue weighted by atomic mass is 10.5. The number of thioether (sulfide) groups is 1. The Bertz CT molecular complexity index is 212. The molecule has 0 bridgehead atoms. The van der Waals surface area contributed by atoms with Crippen molar-refractivity contribution >= 4 is 11.8 Å². The van der Waals surface area contributed by atoms with Gasteiger partial charge in [-0.15, -0.1) is 12.3 Å². The molecule has 0 fully saturated rings. The summed E-state index contributed by atoms with van der Waals surface area (Å²) in [7, 11) is 0. The van der Waals surface area contributed by atoms with Crippen LogP contribution in [0.15, 0.2) is 22.1 Å². The van der Waals surface area contributed by atoms with E-state index in [1.807, 2.05) is 0 Å². The van der Waals surface area contributed by atoms with Crippen molar-refractivity contribution in [1.29, 1.82) is 0 Å². The molecule has 0 radical (unpaired) electrons. The van der Waals surface area contributed by atoms with Gasteiger partial charge >= 0.3 is 0 Å². The van der Waals surface area contributed by atoms with Crippen molar-refractivity contribution < 1.29 is 4.42 Å². The zero-order chi connectivity index (χ0) is 7.23. The van der Waals surface area contributed by atoms with Gasteiger partial charge in [-0.1, -0.05) is 11.8 Å². The van der Waals surface area contributed by atoms with Crippen LogP contribution in [0, 0.1) is 12.3 Å². The largest absolute Gasteiger partial charge is 0.440 e. The fraction of sp³-hybridized carbons (Fsp3) is 0.286. The van der Waals surface area contributed by atoms with Gasteiger partial charge in [-0.25, -0.2) is 4.98 Å². The quantitative estimate of drug-likeness (QED) is 0.376. The predicted octanol–water partition coefficient (Wildman–Crippen LogP) is 1.79. The highest BCUT2D eigenvalue weighted by molar-refractivity contribution is 7.99. The maximum absolute atomic E-state index is 5.05. The molecule has 0 atom stereocenters. The Morgan fingerprint density at radius 1 is 1.80 bits per heavy atom. The van der Waals surface area contributed by atoms with Gasteiger partial charge in [0.2, 0.25) is 0 Å². The Balaban J connectivity index is 2.23. The molecule has 0 aromatic carbocycles. The molecule has 0 aliphatic heterocycles. The second-order valence-corrected chi connectivity index (χ2v) is 2.65. The van der Waals surface area contributed by atoms with E-state index in [-0.39, 0.29) is 0 Å². The molecule has 0 saturated heterocycles. The monoisotopic (exact) mass is 153 g/mol. The van der Waals surface area contributed by atoms with E-state index in [0.29, 0.717) is 5.22 Å². The maximum Gasteiger partial charge on any atom is 0.255 e. The topological polar surface area (TPSA) is 26.0 Å². The van der Waals surface area contributed by atoms with Gasteiger partial charge < -0.3 is 4.42 Å². The van der Waals surface area contributed by atoms with E-state index < -0.39 is 0 Å². The average molecular weight is 153 g/mol. The fourth-order valence-electron chi connectivity index (χ4n) is 0.479. The van der Waals surface area contributed by atoms with Crippen LogP contribution in [0.2, 0.25) is 0 Å². The molecule has 0 aliphatic rings. The lowest BCUT2D eigenvalue weighted by Gasteiger charge is -1.88. The first-order valence-corrected chi connectivity index (χ1v) is 3.88. The molecule has 0 amide bonds. The maximum atomic E-state index is 5.05. The van der Waals surface area contributed by atoms with Gasteiger partial charge in [0, 0.05) is 12.2 Å². The molecule has 1 aromatic heterocycles. The molecule has 0 saturated carbocycles. The molecule has 3 heteroatoms. The lowest BCUT2D eigenvalue weighted by molar-refractivity contribution is 0.454. The highest BCUT2D eigenvalue weighted by Crippen LogP contribution is 2.14. The highest BCUT2D eigenvalue weighted by Gasteiger charge is 1.94. The first kappa shape index (κ1) is 7.23. The minimum Gasteiger partial charge on any atom is -0.440 e. The summed E-state index contributed by atoms with van der Waals surface area (Å²) in [5.74, 6) is 3.41. The second kappa shape index (κ2) is 4.02. The standard InChI is InChI=1S/C7H7NOS/c1-2-3-6-10-7-8-4-5-9-7/h1,4-5H,3,6H2. The summed E-state index contributed by atoms with van der Waals surface area (Å²) in [6.45, 7) is 0. The van der Waals surface area contributed by atoms with Crippen LogP contribution in [0.4, 0.5) is 0 Å². The predicted molar refractivity (Wildman–Crippen MR) is 40.7 cm³/mol. The van der Waals surface area contributed by atoms with Gasteiger partial charge in [-0.3, -0.25) is 0 Å². The van der Waals surface area contributed by atoms with Crippen LogP contribution in [-0.2, 0) is 0 Å². The van der Waals surface area contributed by atoms with Crippen molar-refractivity contribution in [1.82, 2.24) is 4.98 Å². The average Bonchev–Trinajstić information content (AvgIpc) is 2.41. The molecule has 0 N–H and O–H groups in total. The van der Waals surface area contributed by atoms with Crippen LogP contribution >= 0.6 is 11.8 Å². The van der Waals surface area contributed by atoms with E-state index in [9.17, 15) is 0 Å². The fourth-order valence-corrected chi connectivity index (χ4v) is 1.13. The van der Waals surface area contributed by atoms with Crippen LogP contribution in [0.1, 0.15) is 6.42 Å². The second-order valence-electron chi connectivity index (χ2n) is 1.60. The van der Waals surface area contributed by atoms with E-state index in [0.717, 1.165) is 12.2 Å². The Morgan fingerprint density at radius 2 is 2.70 bits per heavy atom. The molecule has 52 valence electrons. The van der Waals surface area contributed by atoms with E-state index in [4.69, 9.17) is 10.8 Å². The van der Waals surface area contributed by atoms with Crippen LogP contribution in [-0.4, -0.2) is 10.7 Å². The molecule has 0 spiro atoms. The number of oxazole rings is 1. The van der Waals surface area contributed by atoms with Gasteiger partial charge in [0.15, 0.2) is 0 Å². The van der Waals surface area contributed by atoms with E-state index >= 15 is 0 Å². The molecule has 10 heavy (non-hydrogen) atoms. The van der Waals surface area contributed by atoms with Gasteiger partial charge in [0.05, 0.1) is 6.20 Å². The molecular formula is C7H7NOS. The molecular weight excluding hydrogens is 146 g/mol. The summed E-state index contributed by atoms with van der Waals surface area (Å²) in [6, 6.07) is 0. The Morgan fingerprint density at radius 3 is 3.30 bits per heavy atom. The summed E-state index contributed by atoms with van der Waals surface area (Å²) in [5, 5.41) is 0.690. The summed E-state index contributed by atoms with van der Waals surface area (Å²) >= 11 is 1.53. The Kier molecular flexibility index (Phi) is 2.91. The van der Waals surface area contributed by atoms with Gasteiger partial charge in [-0.2, -0.15) is 0 Å². The molecule has 1 aromatic rings. The van der Waals surface area contributed by atoms with Gasteiger partial charge in [-0.05, 0) is 0 Å². The van der Waals surface area contributed by atoms with Crippen molar-refractivity contribution in [3.63, 3.8) is 0 Å². The first-order chi connectivity index (χ1) is 4.93. The molecule has 0 unspecified atom stereocenters. The third-order valence-electron chi connectivity index (χ3n) is 0.882. The zero-order valence-electron chi connectivity index (χ0n) is 5.41. The van der Waals surface area contributed by atoms with Crippen molar-refractivity contribution in [2.24, 2.45) is 0 Å². The SMILES string of the molecule is C#CCCSc1ncco1. The van der Waals surface area contributed by atoms with Crippen LogP contribution < -0.4 is 0 Å². The molecule has 1 heterocycles. The number of rotatable bonds is 3. The van der Waals surface area contributed by atoms with Gasteiger partial charge in [0.1, 0.15) is 6.26 Å². The van der Waals surface area contributed by atoms with Crippen molar-refractivity contribution in [2.75, 3.05) is 5.75 Å². The Hall–Kier alpha value is -0.880. The first-order valence-electron chi connectivity index (χ1n) is 2.89. The Labute approximate surface area is 64.0 Å². The van der Waals surface area contributed by atoms with Crippen molar-refractivity contribution in [3.8, 4) is 12.3 Å². The van der Waals surface area contributed by atoms with Crippen molar-refractivity contribution in [2.45, 2.75) is 11.6 Å². The summed E-state index contributed by atoms with van der Waals surface area (Å²) < 4.78 is 4.96. The third kappa shape index (κ3) is 2.16. The lowest BCUT2D eigenvalue weighted by Crippen LogP contribution is -1.75. The number of nitrogens with zero attached hydrogens (tertiary/aromatic N) is 1. The zero-order valence-corrected chi connectivity index (χ0v) is 6.23. The number of aromatic nitrogens is 1.